The predicted molar refractivity (Wildman–Crippen MR) is 143 cm³/mol. The molecule has 2 aromatic carbocycles. The lowest BCUT2D eigenvalue weighted by atomic mass is 10.0. The van der Waals surface area contributed by atoms with Gasteiger partial charge in [-0.2, -0.15) is 0 Å². The molecule has 10 heteroatoms. The van der Waals surface area contributed by atoms with E-state index < -0.39 is 11.7 Å². The Hall–Kier alpha value is -2.30. The monoisotopic (exact) mass is 611 g/mol. The van der Waals surface area contributed by atoms with Gasteiger partial charge in [0.25, 0.3) is 11.7 Å². The second-order valence-corrected chi connectivity index (χ2v) is 10.1. The summed E-state index contributed by atoms with van der Waals surface area (Å²) in [5.74, 6) is 0.796. The van der Waals surface area contributed by atoms with Gasteiger partial charge in [-0.1, -0.05) is 0 Å². The van der Waals surface area contributed by atoms with E-state index in [1.807, 2.05) is 19.2 Å². The number of nitrogens with zero attached hydrogens (tertiary/aromatic N) is 2. The molecule has 0 fully saturated rings. The molecule has 8 nitrogen and oxygen atoms in total. The van der Waals surface area contributed by atoms with Crippen molar-refractivity contribution < 1.29 is 23.8 Å². The van der Waals surface area contributed by atoms with Gasteiger partial charge in [0.15, 0.2) is 11.5 Å². The highest BCUT2D eigenvalue weighted by molar-refractivity contribution is 9.11. The van der Waals surface area contributed by atoms with Gasteiger partial charge in [-0.25, -0.2) is 0 Å². The van der Waals surface area contributed by atoms with Crippen molar-refractivity contribution in [3.63, 3.8) is 0 Å². The third-order valence-electron chi connectivity index (χ3n) is 5.96. The van der Waals surface area contributed by atoms with Crippen LogP contribution in [-0.4, -0.2) is 75.5 Å². The van der Waals surface area contributed by atoms with Gasteiger partial charge in [0.2, 0.25) is 0 Å². The number of ketones is 1. The Labute approximate surface area is 222 Å². The fourth-order valence-corrected chi connectivity index (χ4v) is 5.13. The normalized spacial score (nSPS) is 13.6. The van der Waals surface area contributed by atoms with Gasteiger partial charge in [0.1, 0.15) is 5.75 Å². The molecule has 0 aliphatic carbocycles. The third kappa shape index (κ3) is 6.89. The van der Waals surface area contributed by atoms with Gasteiger partial charge in [0.05, 0.1) is 26.5 Å². The summed E-state index contributed by atoms with van der Waals surface area (Å²) >= 11 is 6.84. The lowest BCUT2D eigenvalue weighted by Crippen LogP contribution is -2.38. The van der Waals surface area contributed by atoms with Gasteiger partial charge in [-0.3, -0.25) is 9.59 Å². The summed E-state index contributed by atoms with van der Waals surface area (Å²) in [7, 11) is 5.11. The first-order chi connectivity index (χ1) is 16.7. The van der Waals surface area contributed by atoms with E-state index in [9.17, 15) is 9.59 Å². The number of ether oxygens (including phenoxy) is 3. The molecule has 0 unspecified atom stereocenters. The summed E-state index contributed by atoms with van der Waals surface area (Å²) in [6.07, 6.45) is 2.23. The molecule has 0 aromatic heterocycles. The SMILES string of the molecule is COc1cc2c(cc1OC)C(=O)C(=O)N(CCCN(C)CCCOc1cc(Br)c(N)c(Br)c1)CC2. The Balaban J connectivity index is 1.44. The summed E-state index contributed by atoms with van der Waals surface area (Å²) in [4.78, 5) is 29.5. The molecule has 1 aliphatic heterocycles. The highest BCUT2D eigenvalue weighted by Crippen LogP contribution is 2.33. The molecule has 1 heterocycles. The molecule has 0 saturated carbocycles. The number of anilines is 1. The number of carbonyl (C=O) groups excluding carboxylic acids is 2. The quantitative estimate of drug-likeness (QED) is 0.231. The largest absolute Gasteiger partial charge is 0.493 e. The van der Waals surface area contributed by atoms with Gasteiger partial charge in [-0.05, 0) is 94.5 Å². The standard InChI is InChI=1S/C25H31Br2N3O5/c1-29(8-5-11-35-17-13-19(26)23(28)20(27)14-17)7-4-9-30-10-6-16-12-21(33-2)22(34-3)15-18(16)24(31)25(30)32/h12-15H,4-11,28H2,1-3H3. The highest BCUT2D eigenvalue weighted by atomic mass is 79.9. The number of rotatable bonds is 11. The number of methoxy groups -OCH3 is 2. The van der Waals surface area contributed by atoms with Crippen molar-refractivity contribution in [2.45, 2.75) is 19.3 Å². The lowest BCUT2D eigenvalue weighted by Gasteiger charge is -2.22. The lowest BCUT2D eigenvalue weighted by molar-refractivity contribution is -0.126. The summed E-state index contributed by atoms with van der Waals surface area (Å²) in [5, 5.41) is 0. The first kappa shape index (κ1) is 27.3. The Morgan fingerprint density at radius 2 is 1.63 bits per heavy atom. The molecule has 35 heavy (non-hydrogen) atoms. The van der Waals surface area contributed by atoms with E-state index in [4.69, 9.17) is 19.9 Å². The number of nitrogens with two attached hydrogens (primary N) is 1. The minimum Gasteiger partial charge on any atom is -0.493 e. The second-order valence-electron chi connectivity index (χ2n) is 8.40. The van der Waals surface area contributed by atoms with Crippen LogP contribution in [0.3, 0.4) is 0 Å². The van der Waals surface area contributed by atoms with Crippen LogP contribution in [0.15, 0.2) is 33.2 Å². The average Bonchev–Trinajstić information content (AvgIpc) is 2.95. The first-order valence-electron chi connectivity index (χ1n) is 11.4. The molecule has 1 amide bonds. The predicted octanol–water partition coefficient (Wildman–Crippen LogP) is 4.17. The zero-order valence-electron chi connectivity index (χ0n) is 20.2. The Kier molecular flexibility index (Phi) is 9.82. The van der Waals surface area contributed by atoms with Crippen LogP contribution in [0.5, 0.6) is 17.2 Å². The van der Waals surface area contributed by atoms with E-state index >= 15 is 0 Å². The van der Waals surface area contributed by atoms with Gasteiger partial charge in [0, 0.05) is 34.1 Å². The molecule has 2 N–H and O–H groups in total. The number of halogens is 2. The van der Waals surface area contributed by atoms with Crippen molar-refractivity contribution in [3.05, 3.63) is 44.3 Å². The molecule has 3 rings (SSSR count). The minimum atomic E-state index is -0.495. The van der Waals surface area contributed by atoms with Crippen molar-refractivity contribution in [2.75, 3.05) is 59.8 Å². The van der Waals surface area contributed by atoms with Crippen molar-refractivity contribution in [1.29, 1.82) is 0 Å². The van der Waals surface area contributed by atoms with Gasteiger partial charge >= 0.3 is 0 Å². The van der Waals surface area contributed by atoms with Crippen molar-refractivity contribution in [1.82, 2.24) is 9.80 Å². The molecular weight excluding hydrogens is 582 g/mol. The molecule has 190 valence electrons. The Morgan fingerprint density at radius 1 is 1.00 bits per heavy atom. The summed E-state index contributed by atoms with van der Waals surface area (Å²) in [5.41, 5.74) is 7.75. The van der Waals surface area contributed by atoms with Crippen molar-refractivity contribution in [3.8, 4) is 17.2 Å². The van der Waals surface area contributed by atoms with E-state index in [1.54, 1.807) is 24.1 Å². The number of amides is 1. The zero-order chi connectivity index (χ0) is 25.5. The topological polar surface area (TPSA) is 94.3 Å². The van der Waals surface area contributed by atoms with Crippen LogP contribution in [0.2, 0.25) is 0 Å². The highest BCUT2D eigenvalue weighted by Gasteiger charge is 2.30. The van der Waals surface area contributed by atoms with E-state index in [-0.39, 0.29) is 0 Å². The number of fused-ring (bicyclic) bond motifs is 1. The van der Waals surface area contributed by atoms with Crippen LogP contribution in [0.25, 0.3) is 0 Å². The smallest absolute Gasteiger partial charge is 0.294 e. The summed E-state index contributed by atoms with van der Waals surface area (Å²) in [6.45, 7) is 3.27. The first-order valence-corrected chi connectivity index (χ1v) is 13.0. The molecule has 0 atom stereocenters. The Bertz CT molecular complexity index is 1060. The number of Topliss-reactive ketones (excluding diaryl/α,β-unsaturated/α-hetero) is 1. The number of benzene rings is 2. The minimum absolute atomic E-state index is 0.396. The summed E-state index contributed by atoms with van der Waals surface area (Å²) < 4.78 is 18.1. The molecule has 0 saturated heterocycles. The molecule has 0 radical (unpaired) electrons. The van der Waals surface area contributed by atoms with Crippen LogP contribution in [0.4, 0.5) is 5.69 Å². The van der Waals surface area contributed by atoms with Crippen LogP contribution in [0, 0.1) is 0 Å². The summed E-state index contributed by atoms with van der Waals surface area (Å²) in [6, 6.07) is 7.11. The molecular formula is C25H31Br2N3O5. The Morgan fingerprint density at radius 3 is 2.29 bits per heavy atom. The van der Waals surface area contributed by atoms with Crippen LogP contribution >= 0.6 is 31.9 Å². The molecule has 0 bridgehead atoms. The maximum Gasteiger partial charge on any atom is 0.294 e. The van der Waals surface area contributed by atoms with E-state index in [2.05, 4.69) is 36.8 Å². The van der Waals surface area contributed by atoms with E-state index in [0.29, 0.717) is 48.9 Å². The average molecular weight is 613 g/mol. The maximum absolute atomic E-state index is 12.8. The van der Waals surface area contributed by atoms with Crippen LogP contribution in [-0.2, 0) is 11.2 Å². The van der Waals surface area contributed by atoms with Crippen LogP contribution < -0.4 is 19.9 Å². The fourth-order valence-electron chi connectivity index (χ4n) is 3.98. The third-order valence-corrected chi connectivity index (χ3v) is 7.27. The number of carbonyl (C=O) groups is 2. The maximum atomic E-state index is 12.8. The molecule has 0 spiro atoms. The van der Waals surface area contributed by atoms with Crippen molar-refractivity contribution >= 4 is 49.2 Å². The second kappa shape index (κ2) is 12.6. The van der Waals surface area contributed by atoms with Crippen LogP contribution in [0.1, 0.15) is 28.8 Å². The fraction of sp³-hybridized carbons (Fsp3) is 0.440. The number of hydrogen-bond acceptors (Lipinski definition) is 7. The van der Waals surface area contributed by atoms with E-state index in [0.717, 1.165) is 46.2 Å². The molecule has 2 aromatic rings. The zero-order valence-corrected chi connectivity index (χ0v) is 23.4. The number of nitrogen functional groups attached to an aromatic ring is 1. The molecule has 1 aliphatic rings. The van der Waals surface area contributed by atoms with Crippen molar-refractivity contribution in [2.24, 2.45) is 0 Å². The van der Waals surface area contributed by atoms with E-state index in [1.165, 1.54) is 7.11 Å². The number of hydrogen-bond donors (Lipinski definition) is 1. The van der Waals surface area contributed by atoms with Gasteiger partial charge in [-0.15, -0.1) is 0 Å². The van der Waals surface area contributed by atoms with Gasteiger partial charge < -0.3 is 29.7 Å².